The second-order valence-electron chi connectivity index (χ2n) is 3.78. The Morgan fingerprint density at radius 1 is 1.16 bits per heavy atom. The van der Waals surface area contributed by atoms with Crippen LogP contribution in [-0.2, 0) is 0 Å². The largest absolute Gasteiger partial charge is 0.497 e. The minimum absolute atomic E-state index is 0.633. The summed E-state index contributed by atoms with van der Waals surface area (Å²) in [6.45, 7) is 0. The molecule has 0 aliphatic rings. The van der Waals surface area contributed by atoms with Crippen LogP contribution >= 0.6 is 43.2 Å². The molecule has 2 rings (SSSR count). The maximum atomic E-state index is 10.5. The van der Waals surface area contributed by atoms with E-state index in [9.17, 15) is 5.11 Å². The van der Waals surface area contributed by atoms with Crippen molar-refractivity contribution in [3.63, 3.8) is 0 Å². The number of ether oxygens (including phenoxy) is 2. The number of hydrogen-bond donors (Lipinski definition) is 1. The highest BCUT2D eigenvalue weighted by molar-refractivity contribution is 9.13. The molecular formula is C13H12Br2O3S. The first-order chi connectivity index (χ1) is 9.06. The highest BCUT2D eigenvalue weighted by Crippen LogP contribution is 2.40. The Hall–Kier alpha value is -0.560. The van der Waals surface area contributed by atoms with Crippen LogP contribution in [0.4, 0.5) is 0 Å². The van der Waals surface area contributed by atoms with Gasteiger partial charge in [-0.15, -0.1) is 11.3 Å². The van der Waals surface area contributed by atoms with E-state index in [0.717, 1.165) is 13.1 Å². The number of methoxy groups -OCH3 is 2. The molecule has 1 N–H and O–H groups in total. The summed E-state index contributed by atoms with van der Waals surface area (Å²) >= 11 is 8.32. The van der Waals surface area contributed by atoms with E-state index in [2.05, 4.69) is 31.9 Å². The van der Waals surface area contributed by atoms with Gasteiger partial charge in [-0.25, -0.2) is 0 Å². The summed E-state index contributed by atoms with van der Waals surface area (Å²) in [6.07, 6.45) is -0.752. The van der Waals surface area contributed by atoms with Crippen LogP contribution in [0, 0.1) is 0 Å². The fourth-order valence-corrected chi connectivity index (χ4v) is 3.80. The summed E-state index contributed by atoms with van der Waals surface area (Å²) in [7, 11) is 3.18. The van der Waals surface area contributed by atoms with Crippen molar-refractivity contribution in [1.82, 2.24) is 0 Å². The Bertz CT molecular complexity index is 564. The highest BCUT2D eigenvalue weighted by atomic mass is 79.9. The van der Waals surface area contributed by atoms with Gasteiger partial charge in [-0.2, -0.15) is 0 Å². The van der Waals surface area contributed by atoms with Crippen molar-refractivity contribution in [3.8, 4) is 11.5 Å². The summed E-state index contributed by atoms with van der Waals surface area (Å²) in [4.78, 5) is 0.824. The molecule has 1 aromatic carbocycles. The molecule has 1 atom stereocenters. The first kappa shape index (κ1) is 14.8. The van der Waals surface area contributed by atoms with Gasteiger partial charge in [0.15, 0.2) is 0 Å². The third kappa shape index (κ3) is 3.13. The maximum Gasteiger partial charge on any atom is 0.125 e. The second kappa shape index (κ2) is 6.26. The third-order valence-electron chi connectivity index (χ3n) is 2.67. The van der Waals surface area contributed by atoms with Crippen LogP contribution in [0.25, 0.3) is 0 Å². The lowest BCUT2D eigenvalue weighted by molar-refractivity contribution is 0.218. The van der Waals surface area contributed by atoms with Gasteiger partial charge in [-0.1, -0.05) is 0 Å². The standard InChI is InChI=1S/C13H12Br2O3S/c1-17-7-3-4-10(18-2)8(5-7)12(16)11-6-9(14)13(15)19-11/h3-6,12,16H,1-2H3. The average Bonchev–Trinajstić information content (AvgIpc) is 2.77. The predicted octanol–water partition coefficient (Wildman–Crippen LogP) is 4.37. The highest BCUT2D eigenvalue weighted by Gasteiger charge is 2.19. The molecule has 1 aromatic heterocycles. The monoisotopic (exact) mass is 406 g/mol. The lowest BCUT2D eigenvalue weighted by Crippen LogP contribution is -2.01. The van der Waals surface area contributed by atoms with E-state index in [1.165, 1.54) is 11.3 Å². The summed E-state index contributed by atoms with van der Waals surface area (Å²) < 4.78 is 12.3. The topological polar surface area (TPSA) is 38.7 Å². The van der Waals surface area contributed by atoms with Gasteiger partial charge in [-0.3, -0.25) is 0 Å². The molecule has 6 heteroatoms. The molecule has 0 bridgehead atoms. The summed E-state index contributed by atoms with van der Waals surface area (Å²) in [5.74, 6) is 1.32. The number of rotatable bonds is 4. The van der Waals surface area contributed by atoms with E-state index < -0.39 is 6.10 Å². The van der Waals surface area contributed by atoms with Crippen molar-refractivity contribution in [2.45, 2.75) is 6.10 Å². The lowest BCUT2D eigenvalue weighted by Gasteiger charge is -2.14. The first-order valence-corrected chi connectivity index (χ1v) is 7.81. The van der Waals surface area contributed by atoms with Gasteiger partial charge >= 0.3 is 0 Å². The molecular weight excluding hydrogens is 396 g/mol. The van der Waals surface area contributed by atoms with Crippen LogP contribution in [0.5, 0.6) is 11.5 Å². The van der Waals surface area contributed by atoms with Crippen LogP contribution in [0.1, 0.15) is 16.5 Å². The summed E-state index contributed by atoms with van der Waals surface area (Å²) in [5.41, 5.74) is 0.683. The van der Waals surface area contributed by atoms with Crippen LogP contribution in [0.3, 0.4) is 0 Å². The minimum Gasteiger partial charge on any atom is -0.497 e. The van der Waals surface area contributed by atoms with Crippen molar-refractivity contribution in [2.24, 2.45) is 0 Å². The molecule has 0 spiro atoms. The smallest absolute Gasteiger partial charge is 0.125 e. The zero-order chi connectivity index (χ0) is 14.0. The van der Waals surface area contributed by atoms with E-state index in [1.807, 2.05) is 6.07 Å². The molecule has 1 unspecified atom stereocenters. The molecule has 102 valence electrons. The quantitative estimate of drug-likeness (QED) is 0.817. The Morgan fingerprint density at radius 3 is 2.42 bits per heavy atom. The van der Waals surface area contributed by atoms with Crippen molar-refractivity contribution in [2.75, 3.05) is 14.2 Å². The van der Waals surface area contributed by atoms with Crippen LogP contribution < -0.4 is 9.47 Å². The van der Waals surface area contributed by atoms with Gasteiger partial charge in [0.05, 0.1) is 18.0 Å². The van der Waals surface area contributed by atoms with Crippen LogP contribution in [-0.4, -0.2) is 19.3 Å². The predicted molar refractivity (Wildman–Crippen MR) is 83.3 cm³/mol. The molecule has 0 aliphatic heterocycles. The molecule has 0 saturated carbocycles. The van der Waals surface area contributed by atoms with Gasteiger partial charge in [0.1, 0.15) is 17.6 Å². The normalized spacial score (nSPS) is 12.3. The van der Waals surface area contributed by atoms with E-state index in [0.29, 0.717) is 17.1 Å². The van der Waals surface area contributed by atoms with Crippen molar-refractivity contribution in [3.05, 3.63) is 43.0 Å². The third-order valence-corrected chi connectivity index (χ3v) is 5.97. The van der Waals surface area contributed by atoms with Gasteiger partial charge in [0.25, 0.3) is 0 Å². The van der Waals surface area contributed by atoms with Crippen LogP contribution in [0.2, 0.25) is 0 Å². The molecule has 19 heavy (non-hydrogen) atoms. The molecule has 3 nitrogen and oxygen atoms in total. The molecule has 1 heterocycles. The van der Waals surface area contributed by atoms with Crippen molar-refractivity contribution >= 4 is 43.2 Å². The fraction of sp³-hybridized carbons (Fsp3) is 0.231. The van der Waals surface area contributed by atoms with Gasteiger partial charge in [-0.05, 0) is 56.1 Å². The number of aliphatic hydroxyl groups excluding tert-OH is 1. The van der Waals surface area contributed by atoms with E-state index in [-0.39, 0.29) is 0 Å². The molecule has 0 amide bonds. The van der Waals surface area contributed by atoms with Crippen molar-refractivity contribution < 1.29 is 14.6 Å². The average molecular weight is 408 g/mol. The molecule has 0 aliphatic carbocycles. The molecule has 0 radical (unpaired) electrons. The van der Waals surface area contributed by atoms with Crippen molar-refractivity contribution in [1.29, 1.82) is 0 Å². The zero-order valence-electron chi connectivity index (χ0n) is 10.3. The van der Waals surface area contributed by atoms with E-state index in [1.54, 1.807) is 32.4 Å². The summed E-state index contributed by atoms with van der Waals surface area (Å²) in [5, 5.41) is 10.5. The second-order valence-corrected chi connectivity index (χ2v) is 7.04. The number of hydrogen-bond acceptors (Lipinski definition) is 4. The number of aliphatic hydroxyl groups is 1. The Labute approximate surface area is 132 Å². The molecule has 0 saturated heterocycles. The molecule has 0 fully saturated rings. The first-order valence-electron chi connectivity index (χ1n) is 5.41. The maximum absolute atomic E-state index is 10.5. The number of halogens is 2. The minimum atomic E-state index is -0.752. The lowest BCUT2D eigenvalue weighted by atomic mass is 10.1. The SMILES string of the molecule is COc1ccc(OC)c(C(O)c2cc(Br)c(Br)s2)c1. The van der Waals surface area contributed by atoms with E-state index >= 15 is 0 Å². The van der Waals surface area contributed by atoms with Crippen LogP contribution in [0.15, 0.2) is 32.5 Å². The van der Waals surface area contributed by atoms with Gasteiger partial charge < -0.3 is 14.6 Å². The fourth-order valence-electron chi connectivity index (χ4n) is 1.70. The summed E-state index contributed by atoms with van der Waals surface area (Å²) in [6, 6.07) is 7.26. The number of thiophene rings is 1. The Balaban J connectivity index is 2.44. The van der Waals surface area contributed by atoms with Gasteiger partial charge in [0.2, 0.25) is 0 Å². The Morgan fingerprint density at radius 2 is 1.89 bits per heavy atom. The Kier molecular flexibility index (Phi) is 4.89. The van der Waals surface area contributed by atoms with Gasteiger partial charge in [0, 0.05) is 14.9 Å². The molecule has 2 aromatic rings. The van der Waals surface area contributed by atoms with E-state index in [4.69, 9.17) is 9.47 Å². The zero-order valence-corrected chi connectivity index (χ0v) is 14.3. The number of benzene rings is 1.